The van der Waals surface area contributed by atoms with E-state index < -0.39 is 0 Å². The van der Waals surface area contributed by atoms with Crippen molar-refractivity contribution < 1.29 is 4.79 Å². The van der Waals surface area contributed by atoms with Crippen LogP contribution >= 0.6 is 46.0 Å². The molecule has 0 aliphatic rings. The van der Waals surface area contributed by atoms with Gasteiger partial charge in [0, 0.05) is 3.57 Å². The van der Waals surface area contributed by atoms with E-state index in [-0.39, 0.29) is 5.91 Å². The third-order valence-corrected chi connectivity index (χ3v) is 3.99. The number of hydrogen-bond acceptors (Lipinski definition) is 4. The van der Waals surface area contributed by atoms with E-state index in [1.165, 1.54) is 11.8 Å². The Balaban J connectivity index is 2.30. The standard InChI is InChI=1S/C11H10ClIN4OS/c1-6-14-15-11(19-2)17(6)16-10(18)8-5-7(13)3-4-9(8)12/h3-5H,1-2H3,(H,16,18). The first-order valence-electron chi connectivity index (χ1n) is 5.25. The average molecular weight is 409 g/mol. The minimum atomic E-state index is -0.290. The van der Waals surface area contributed by atoms with Gasteiger partial charge in [0.2, 0.25) is 5.16 Å². The van der Waals surface area contributed by atoms with Gasteiger partial charge in [-0.05, 0) is 54.0 Å². The minimum absolute atomic E-state index is 0.290. The van der Waals surface area contributed by atoms with E-state index in [0.29, 0.717) is 21.6 Å². The molecule has 0 saturated carbocycles. The molecular weight excluding hydrogens is 399 g/mol. The van der Waals surface area contributed by atoms with Crippen LogP contribution < -0.4 is 5.43 Å². The highest BCUT2D eigenvalue weighted by molar-refractivity contribution is 14.1. The summed E-state index contributed by atoms with van der Waals surface area (Å²) in [7, 11) is 0. The molecule has 1 heterocycles. The third-order valence-electron chi connectivity index (χ3n) is 2.36. The van der Waals surface area contributed by atoms with E-state index in [0.717, 1.165) is 3.57 Å². The van der Waals surface area contributed by atoms with Gasteiger partial charge in [-0.1, -0.05) is 23.4 Å². The molecule has 2 aromatic rings. The molecule has 100 valence electrons. The summed E-state index contributed by atoms with van der Waals surface area (Å²) in [6.07, 6.45) is 1.87. The second-order valence-electron chi connectivity index (χ2n) is 3.63. The van der Waals surface area contributed by atoms with Crippen LogP contribution in [0.25, 0.3) is 0 Å². The van der Waals surface area contributed by atoms with Crippen molar-refractivity contribution in [3.8, 4) is 0 Å². The normalized spacial score (nSPS) is 10.5. The third kappa shape index (κ3) is 3.21. The number of aromatic nitrogens is 3. The first-order chi connectivity index (χ1) is 9.02. The fraction of sp³-hybridized carbons (Fsp3) is 0.182. The Morgan fingerprint density at radius 3 is 2.89 bits per heavy atom. The summed E-state index contributed by atoms with van der Waals surface area (Å²) in [6, 6.07) is 5.28. The van der Waals surface area contributed by atoms with Gasteiger partial charge in [0.05, 0.1) is 10.6 Å². The number of aryl methyl sites for hydroxylation is 1. The van der Waals surface area contributed by atoms with Crippen molar-refractivity contribution in [2.24, 2.45) is 0 Å². The SMILES string of the molecule is CSc1nnc(C)n1NC(=O)c1cc(I)ccc1Cl. The van der Waals surface area contributed by atoms with Crippen molar-refractivity contribution in [3.05, 3.63) is 38.2 Å². The zero-order valence-corrected chi connectivity index (χ0v) is 13.9. The van der Waals surface area contributed by atoms with Crippen molar-refractivity contribution in [1.29, 1.82) is 0 Å². The van der Waals surface area contributed by atoms with Crippen molar-refractivity contribution in [1.82, 2.24) is 14.9 Å². The molecule has 8 heteroatoms. The van der Waals surface area contributed by atoms with Gasteiger partial charge in [0.1, 0.15) is 5.82 Å². The van der Waals surface area contributed by atoms with Crippen LogP contribution in [0.4, 0.5) is 0 Å². The monoisotopic (exact) mass is 408 g/mol. The smallest absolute Gasteiger partial charge is 0.267 e. The zero-order chi connectivity index (χ0) is 14.0. The van der Waals surface area contributed by atoms with Crippen LogP contribution in [0.1, 0.15) is 16.2 Å². The molecule has 0 bridgehead atoms. The number of carbonyl (C=O) groups is 1. The van der Waals surface area contributed by atoms with Gasteiger partial charge in [-0.15, -0.1) is 10.2 Å². The highest BCUT2D eigenvalue weighted by atomic mass is 127. The minimum Gasteiger partial charge on any atom is -0.267 e. The molecule has 1 aromatic carbocycles. The predicted molar refractivity (Wildman–Crippen MR) is 84.4 cm³/mol. The maximum absolute atomic E-state index is 12.2. The molecule has 19 heavy (non-hydrogen) atoms. The number of nitrogens with zero attached hydrogens (tertiary/aromatic N) is 3. The Morgan fingerprint density at radius 2 is 2.21 bits per heavy atom. The van der Waals surface area contributed by atoms with E-state index in [1.54, 1.807) is 23.7 Å². The number of hydrogen-bond donors (Lipinski definition) is 1. The lowest BCUT2D eigenvalue weighted by atomic mass is 10.2. The Morgan fingerprint density at radius 1 is 1.47 bits per heavy atom. The van der Waals surface area contributed by atoms with E-state index in [1.807, 2.05) is 12.3 Å². The number of amides is 1. The Bertz CT molecular complexity index is 631. The number of nitrogens with one attached hydrogen (secondary N) is 1. The van der Waals surface area contributed by atoms with Gasteiger partial charge in [-0.3, -0.25) is 10.2 Å². The van der Waals surface area contributed by atoms with Gasteiger partial charge < -0.3 is 0 Å². The van der Waals surface area contributed by atoms with Gasteiger partial charge in [0.15, 0.2) is 0 Å². The molecule has 0 radical (unpaired) electrons. The van der Waals surface area contributed by atoms with Gasteiger partial charge in [-0.2, -0.15) is 0 Å². The summed E-state index contributed by atoms with van der Waals surface area (Å²) in [5, 5.41) is 8.89. The maximum Gasteiger partial charge on any atom is 0.271 e. The summed E-state index contributed by atoms with van der Waals surface area (Å²) >= 11 is 9.57. The average Bonchev–Trinajstić information content (AvgIpc) is 2.73. The molecular formula is C11H10ClIN4OS. The highest BCUT2D eigenvalue weighted by Gasteiger charge is 2.15. The summed E-state index contributed by atoms with van der Waals surface area (Å²) in [5.74, 6) is 0.321. The van der Waals surface area contributed by atoms with Crippen LogP contribution in [0.3, 0.4) is 0 Å². The van der Waals surface area contributed by atoms with Gasteiger partial charge in [-0.25, -0.2) is 4.68 Å². The zero-order valence-electron chi connectivity index (χ0n) is 10.1. The van der Waals surface area contributed by atoms with Crippen LogP contribution in [0.5, 0.6) is 0 Å². The molecule has 2 rings (SSSR count). The first kappa shape index (κ1) is 14.6. The van der Waals surface area contributed by atoms with Crippen molar-refractivity contribution in [3.63, 3.8) is 0 Å². The van der Waals surface area contributed by atoms with Crippen LogP contribution in [0, 0.1) is 10.5 Å². The topological polar surface area (TPSA) is 59.8 Å². The molecule has 0 unspecified atom stereocenters. The van der Waals surface area contributed by atoms with Crippen LogP contribution in [-0.2, 0) is 0 Å². The molecule has 0 spiro atoms. The Labute approximate surface area is 133 Å². The first-order valence-corrected chi connectivity index (χ1v) is 7.93. The van der Waals surface area contributed by atoms with E-state index in [9.17, 15) is 4.79 Å². The summed E-state index contributed by atoms with van der Waals surface area (Å²) < 4.78 is 2.49. The maximum atomic E-state index is 12.2. The highest BCUT2D eigenvalue weighted by Crippen LogP contribution is 2.19. The van der Waals surface area contributed by atoms with E-state index in [2.05, 4.69) is 38.2 Å². The van der Waals surface area contributed by atoms with Gasteiger partial charge >= 0.3 is 0 Å². The van der Waals surface area contributed by atoms with Crippen LogP contribution in [-0.4, -0.2) is 27.0 Å². The van der Waals surface area contributed by atoms with Crippen molar-refractivity contribution >= 4 is 51.9 Å². The van der Waals surface area contributed by atoms with Crippen LogP contribution in [0.15, 0.2) is 23.4 Å². The van der Waals surface area contributed by atoms with E-state index >= 15 is 0 Å². The number of benzene rings is 1. The fourth-order valence-corrected chi connectivity index (χ4v) is 2.61. The van der Waals surface area contributed by atoms with E-state index in [4.69, 9.17) is 11.6 Å². The number of thioether (sulfide) groups is 1. The Kier molecular flexibility index (Phi) is 4.69. The van der Waals surface area contributed by atoms with Crippen LogP contribution in [0.2, 0.25) is 5.02 Å². The molecule has 1 N–H and O–H groups in total. The second-order valence-corrected chi connectivity index (χ2v) is 6.06. The summed E-state index contributed by atoms with van der Waals surface area (Å²) in [6.45, 7) is 1.77. The molecule has 5 nitrogen and oxygen atoms in total. The van der Waals surface area contributed by atoms with Crippen molar-refractivity contribution in [2.45, 2.75) is 12.1 Å². The summed E-state index contributed by atoms with van der Waals surface area (Å²) in [5.41, 5.74) is 3.16. The number of carbonyl (C=O) groups excluding carboxylic acids is 1. The predicted octanol–water partition coefficient (Wildman–Crippen LogP) is 2.95. The molecule has 0 saturated heterocycles. The molecule has 0 atom stereocenters. The quantitative estimate of drug-likeness (QED) is 0.627. The second kappa shape index (κ2) is 6.10. The summed E-state index contributed by atoms with van der Waals surface area (Å²) in [4.78, 5) is 12.2. The Hall–Kier alpha value is -0.800. The van der Waals surface area contributed by atoms with Crippen molar-refractivity contribution in [2.75, 3.05) is 11.7 Å². The molecule has 1 amide bonds. The van der Waals surface area contributed by atoms with Gasteiger partial charge in [0.25, 0.3) is 5.91 Å². The molecule has 0 aliphatic carbocycles. The largest absolute Gasteiger partial charge is 0.271 e. The molecule has 0 aliphatic heterocycles. The number of rotatable bonds is 3. The lowest BCUT2D eigenvalue weighted by molar-refractivity contribution is 0.101. The number of halogens is 2. The fourth-order valence-electron chi connectivity index (χ4n) is 1.44. The molecule has 0 fully saturated rings. The lowest BCUT2D eigenvalue weighted by Gasteiger charge is -2.10. The molecule has 1 aromatic heterocycles. The lowest BCUT2D eigenvalue weighted by Crippen LogP contribution is -2.25.